The molecule has 1 saturated heterocycles. The molecule has 1 aliphatic rings. The Bertz CT molecular complexity index is 676. The quantitative estimate of drug-likeness (QED) is 0.775. The largest absolute Gasteiger partial charge is 0.478 e. The van der Waals surface area contributed by atoms with Crippen LogP contribution in [-0.4, -0.2) is 45.8 Å². The molecule has 1 fully saturated rings. The fourth-order valence-electron chi connectivity index (χ4n) is 2.52. The highest BCUT2D eigenvalue weighted by Crippen LogP contribution is 2.19. The van der Waals surface area contributed by atoms with Gasteiger partial charge in [-0.1, -0.05) is 6.92 Å². The van der Waals surface area contributed by atoms with Gasteiger partial charge in [-0.05, 0) is 13.8 Å². The van der Waals surface area contributed by atoms with Gasteiger partial charge in [0, 0.05) is 18.5 Å². The van der Waals surface area contributed by atoms with Crippen LogP contribution in [0.5, 0.6) is 0 Å². The van der Waals surface area contributed by atoms with E-state index in [-0.39, 0.29) is 35.5 Å². The summed E-state index contributed by atoms with van der Waals surface area (Å²) in [5, 5.41) is 11.5. The van der Waals surface area contributed by atoms with E-state index in [9.17, 15) is 19.2 Å². The predicted octanol–water partition coefficient (Wildman–Crippen LogP) is 0.806. The second-order valence-electron chi connectivity index (χ2n) is 5.53. The lowest BCUT2D eigenvalue weighted by molar-refractivity contribution is -0.140. The average molecular weight is 322 g/mol. The SMILES string of the molecule is CCc1oc(C(=O)NC2CC(=O)N(C(C)C)C2=O)cc1C(=O)O. The van der Waals surface area contributed by atoms with Crippen molar-refractivity contribution in [3.63, 3.8) is 0 Å². The molecular formula is C15H18N2O6. The van der Waals surface area contributed by atoms with Crippen LogP contribution in [0.25, 0.3) is 0 Å². The van der Waals surface area contributed by atoms with Crippen LogP contribution >= 0.6 is 0 Å². The summed E-state index contributed by atoms with van der Waals surface area (Å²) in [7, 11) is 0. The minimum absolute atomic E-state index is 0.0877. The number of carboxylic acid groups (broad SMARTS) is 1. The number of rotatable bonds is 5. The Morgan fingerprint density at radius 3 is 2.52 bits per heavy atom. The molecule has 0 aromatic carbocycles. The van der Waals surface area contributed by atoms with Crippen LogP contribution in [0, 0.1) is 0 Å². The van der Waals surface area contributed by atoms with E-state index in [1.807, 2.05) is 0 Å². The lowest BCUT2D eigenvalue weighted by Crippen LogP contribution is -2.43. The molecule has 2 rings (SSSR count). The third-order valence-electron chi connectivity index (χ3n) is 3.59. The monoisotopic (exact) mass is 322 g/mol. The molecule has 23 heavy (non-hydrogen) atoms. The molecule has 1 unspecified atom stereocenters. The minimum Gasteiger partial charge on any atom is -0.478 e. The van der Waals surface area contributed by atoms with Crippen molar-refractivity contribution >= 4 is 23.7 Å². The topological polar surface area (TPSA) is 117 Å². The summed E-state index contributed by atoms with van der Waals surface area (Å²) < 4.78 is 5.23. The van der Waals surface area contributed by atoms with E-state index in [1.54, 1.807) is 20.8 Å². The summed E-state index contributed by atoms with van der Waals surface area (Å²) in [6.45, 7) is 5.12. The first-order valence-corrected chi connectivity index (χ1v) is 7.29. The number of imide groups is 1. The molecule has 0 aliphatic carbocycles. The molecule has 0 saturated carbocycles. The Balaban J connectivity index is 2.16. The Morgan fingerprint density at radius 2 is 2.09 bits per heavy atom. The van der Waals surface area contributed by atoms with Crippen molar-refractivity contribution < 1.29 is 28.7 Å². The van der Waals surface area contributed by atoms with Crippen LogP contribution in [0.4, 0.5) is 0 Å². The summed E-state index contributed by atoms with van der Waals surface area (Å²) in [5.74, 6) is -2.75. The molecule has 8 heteroatoms. The fraction of sp³-hybridized carbons (Fsp3) is 0.467. The molecule has 8 nitrogen and oxygen atoms in total. The summed E-state index contributed by atoms with van der Waals surface area (Å²) in [6, 6.07) is -0.121. The molecule has 1 aliphatic heterocycles. The second kappa shape index (κ2) is 6.23. The highest BCUT2D eigenvalue weighted by Gasteiger charge is 2.41. The highest BCUT2D eigenvalue weighted by atomic mass is 16.4. The van der Waals surface area contributed by atoms with Crippen molar-refractivity contribution in [2.24, 2.45) is 0 Å². The number of aryl methyl sites for hydroxylation is 1. The zero-order valence-corrected chi connectivity index (χ0v) is 13.1. The summed E-state index contributed by atoms with van der Waals surface area (Å²) in [6.07, 6.45) is 0.201. The highest BCUT2D eigenvalue weighted by molar-refractivity contribution is 6.08. The van der Waals surface area contributed by atoms with E-state index < -0.39 is 23.8 Å². The Hall–Kier alpha value is -2.64. The normalized spacial score (nSPS) is 17.9. The number of carboxylic acids is 1. The van der Waals surface area contributed by atoms with E-state index in [2.05, 4.69) is 5.32 Å². The van der Waals surface area contributed by atoms with Gasteiger partial charge in [-0.3, -0.25) is 19.3 Å². The maximum absolute atomic E-state index is 12.2. The molecule has 1 atom stereocenters. The van der Waals surface area contributed by atoms with E-state index in [4.69, 9.17) is 9.52 Å². The van der Waals surface area contributed by atoms with Gasteiger partial charge in [0.1, 0.15) is 17.4 Å². The lowest BCUT2D eigenvalue weighted by Gasteiger charge is -2.18. The van der Waals surface area contributed by atoms with Crippen LogP contribution in [0.3, 0.4) is 0 Å². The number of furan rings is 1. The molecule has 0 bridgehead atoms. The number of hydrogen-bond donors (Lipinski definition) is 2. The van der Waals surface area contributed by atoms with Gasteiger partial charge in [0.25, 0.3) is 11.8 Å². The number of likely N-dealkylation sites (tertiary alicyclic amines) is 1. The number of nitrogens with zero attached hydrogens (tertiary/aromatic N) is 1. The fourth-order valence-corrected chi connectivity index (χ4v) is 2.52. The van der Waals surface area contributed by atoms with Gasteiger partial charge in [-0.25, -0.2) is 4.79 Å². The summed E-state index contributed by atoms with van der Waals surface area (Å²) in [4.78, 5) is 48.3. The minimum atomic E-state index is -1.19. The van der Waals surface area contributed by atoms with Gasteiger partial charge in [0.2, 0.25) is 5.91 Å². The predicted molar refractivity (Wildman–Crippen MR) is 77.9 cm³/mol. The number of amides is 3. The van der Waals surface area contributed by atoms with Crippen molar-refractivity contribution in [2.45, 2.75) is 45.7 Å². The van der Waals surface area contributed by atoms with Crippen molar-refractivity contribution in [1.29, 1.82) is 0 Å². The third-order valence-corrected chi connectivity index (χ3v) is 3.59. The third kappa shape index (κ3) is 3.10. The summed E-state index contributed by atoms with van der Waals surface area (Å²) >= 11 is 0. The zero-order chi connectivity index (χ0) is 17.3. The molecular weight excluding hydrogens is 304 g/mol. The van der Waals surface area contributed by atoms with E-state index in [0.29, 0.717) is 6.42 Å². The first-order valence-electron chi connectivity index (χ1n) is 7.29. The average Bonchev–Trinajstić information content (AvgIpc) is 3.00. The molecule has 3 amide bonds. The Morgan fingerprint density at radius 1 is 1.43 bits per heavy atom. The maximum Gasteiger partial charge on any atom is 0.339 e. The first-order chi connectivity index (χ1) is 10.8. The number of nitrogens with one attached hydrogen (secondary N) is 1. The molecule has 124 valence electrons. The lowest BCUT2D eigenvalue weighted by atomic mass is 10.2. The van der Waals surface area contributed by atoms with Crippen molar-refractivity contribution in [3.05, 3.63) is 23.2 Å². The van der Waals surface area contributed by atoms with Gasteiger partial charge in [0.05, 0.1) is 6.42 Å². The molecule has 2 heterocycles. The van der Waals surface area contributed by atoms with Crippen molar-refractivity contribution in [1.82, 2.24) is 10.2 Å². The van der Waals surface area contributed by atoms with Crippen LogP contribution in [0.1, 0.15) is 53.9 Å². The van der Waals surface area contributed by atoms with Gasteiger partial charge in [-0.2, -0.15) is 0 Å². The number of carbonyl (C=O) groups excluding carboxylic acids is 3. The smallest absolute Gasteiger partial charge is 0.339 e. The Labute approximate surface area is 132 Å². The van der Waals surface area contributed by atoms with Crippen LogP contribution in [-0.2, 0) is 16.0 Å². The maximum atomic E-state index is 12.2. The molecule has 1 aromatic heterocycles. The number of aromatic carboxylic acids is 1. The standard InChI is InChI=1S/C15H18N2O6/c1-4-10-8(15(21)22)5-11(23-10)13(19)16-9-6-12(18)17(7(2)3)14(9)20/h5,7,9H,4,6H2,1-3H3,(H,16,19)(H,21,22). The van der Waals surface area contributed by atoms with E-state index in [0.717, 1.165) is 11.0 Å². The summed E-state index contributed by atoms with van der Waals surface area (Å²) in [5.41, 5.74) is -0.0877. The van der Waals surface area contributed by atoms with Crippen molar-refractivity contribution in [2.75, 3.05) is 0 Å². The Kier molecular flexibility index (Phi) is 4.53. The van der Waals surface area contributed by atoms with E-state index in [1.165, 1.54) is 0 Å². The van der Waals surface area contributed by atoms with Gasteiger partial charge in [0.15, 0.2) is 5.76 Å². The van der Waals surface area contributed by atoms with Gasteiger partial charge < -0.3 is 14.8 Å². The van der Waals surface area contributed by atoms with Gasteiger partial charge >= 0.3 is 5.97 Å². The van der Waals surface area contributed by atoms with Crippen LogP contribution in [0.2, 0.25) is 0 Å². The van der Waals surface area contributed by atoms with Crippen LogP contribution in [0.15, 0.2) is 10.5 Å². The van der Waals surface area contributed by atoms with Crippen molar-refractivity contribution in [3.8, 4) is 0 Å². The molecule has 1 aromatic rings. The second-order valence-corrected chi connectivity index (χ2v) is 5.53. The van der Waals surface area contributed by atoms with E-state index >= 15 is 0 Å². The van der Waals surface area contributed by atoms with Crippen LogP contribution < -0.4 is 5.32 Å². The molecule has 2 N–H and O–H groups in total. The molecule has 0 radical (unpaired) electrons. The van der Waals surface area contributed by atoms with Gasteiger partial charge in [-0.15, -0.1) is 0 Å². The first kappa shape index (κ1) is 16.7. The number of carbonyl (C=O) groups is 4. The molecule has 0 spiro atoms. The number of hydrogen-bond acceptors (Lipinski definition) is 5. The zero-order valence-electron chi connectivity index (χ0n) is 13.1.